The highest BCUT2D eigenvalue weighted by atomic mass is 16.3. The molecule has 3 aromatic rings. The van der Waals surface area contributed by atoms with E-state index in [9.17, 15) is 19.5 Å². The Hall–Kier alpha value is -3.73. The fraction of sp³-hybridized carbons (Fsp3) is 0.160. The Labute approximate surface area is 172 Å². The van der Waals surface area contributed by atoms with E-state index in [1.807, 2.05) is 48.5 Å². The summed E-state index contributed by atoms with van der Waals surface area (Å²) in [5.41, 5.74) is 2.74. The van der Waals surface area contributed by atoms with Crippen molar-refractivity contribution in [1.82, 2.24) is 0 Å². The van der Waals surface area contributed by atoms with E-state index >= 15 is 0 Å². The Morgan fingerprint density at radius 3 is 1.93 bits per heavy atom. The number of benzene rings is 3. The van der Waals surface area contributed by atoms with Gasteiger partial charge in [-0.15, -0.1) is 0 Å². The maximum Gasteiger partial charge on any atom is 0.239 e. The quantitative estimate of drug-likeness (QED) is 0.534. The maximum atomic E-state index is 13.7. The molecule has 1 heterocycles. The molecule has 5 heteroatoms. The van der Waals surface area contributed by atoms with Crippen molar-refractivity contribution in [3.63, 3.8) is 0 Å². The number of hydrogen-bond acceptors (Lipinski definition) is 4. The number of phenols is 1. The molecule has 5 nitrogen and oxygen atoms in total. The summed E-state index contributed by atoms with van der Waals surface area (Å²) in [6.45, 7) is 0. The van der Waals surface area contributed by atoms with Gasteiger partial charge in [-0.05, 0) is 46.5 Å². The van der Waals surface area contributed by atoms with Crippen LogP contribution in [0.1, 0.15) is 28.2 Å². The molecule has 146 valence electrons. The molecule has 1 N–H and O–H groups in total. The van der Waals surface area contributed by atoms with E-state index in [0.717, 1.165) is 28.5 Å². The van der Waals surface area contributed by atoms with Gasteiger partial charge < -0.3 is 9.90 Å². The van der Waals surface area contributed by atoms with Gasteiger partial charge in [0, 0.05) is 5.92 Å². The molecule has 1 fully saturated rings. The number of hydrogen-bond donors (Lipinski definition) is 1. The molecule has 4 aliphatic rings. The predicted molar refractivity (Wildman–Crippen MR) is 109 cm³/mol. The minimum atomic E-state index is -1.19. The van der Waals surface area contributed by atoms with E-state index in [4.69, 9.17) is 0 Å². The highest BCUT2D eigenvalue weighted by Gasteiger charge is 2.68. The molecule has 2 atom stereocenters. The minimum Gasteiger partial charge on any atom is -0.508 e. The summed E-state index contributed by atoms with van der Waals surface area (Å²) in [6.07, 6.45) is 0.864. The predicted octanol–water partition coefficient (Wildman–Crippen LogP) is 3.14. The molecule has 0 aromatic heterocycles. The Morgan fingerprint density at radius 1 is 0.800 bits per heavy atom. The summed E-state index contributed by atoms with van der Waals surface area (Å²) in [7, 11) is 0. The largest absolute Gasteiger partial charge is 0.508 e. The number of carbonyl (C=O) groups is 3. The molecule has 2 bridgehead atoms. The van der Waals surface area contributed by atoms with Crippen LogP contribution in [0.4, 0.5) is 5.69 Å². The first-order valence-electron chi connectivity index (χ1n) is 9.91. The molecule has 3 aliphatic carbocycles. The summed E-state index contributed by atoms with van der Waals surface area (Å²) < 4.78 is 0. The monoisotopic (exact) mass is 395 g/mol. The van der Waals surface area contributed by atoms with Crippen molar-refractivity contribution < 1.29 is 19.5 Å². The van der Waals surface area contributed by atoms with E-state index in [2.05, 4.69) is 0 Å². The lowest BCUT2D eigenvalue weighted by Gasteiger charge is -2.51. The van der Waals surface area contributed by atoms with E-state index in [0.29, 0.717) is 5.69 Å². The lowest BCUT2D eigenvalue weighted by Crippen LogP contribution is -2.54. The number of carbonyl (C=O) groups excluding carboxylic acids is 3. The molecule has 1 aliphatic heterocycles. The second kappa shape index (κ2) is 5.66. The van der Waals surface area contributed by atoms with Crippen molar-refractivity contribution in [2.75, 3.05) is 4.90 Å². The number of nitrogens with zero attached hydrogens (tertiary/aromatic N) is 1. The fourth-order valence-electron chi connectivity index (χ4n) is 5.89. The molecule has 0 radical (unpaired) electrons. The topological polar surface area (TPSA) is 74.7 Å². The third-order valence-electron chi connectivity index (χ3n) is 6.98. The Kier molecular flexibility index (Phi) is 3.24. The van der Waals surface area contributed by atoms with Crippen LogP contribution in [0.15, 0.2) is 72.8 Å². The molecular formula is C25H17NO4. The van der Waals surface area contributed by atoms with Crippen molar-refractivity contribution in [2.45, 2.75) is 11.3 Å². The normalized spacial score (nSPS) is 28.1. The van der Waals surface area contributed by atoms with Crippen LogP contribution in [-0.2, 0) is 19.8 Å². The number of rotatable bonds is 2. The molecule has 3 aromatic carbocycles. The van der Waals surface area contributed by atoms with Gasteiger partial charge in [0.1, 0.15) is 12.0 Å². The van der Waals surface area contributed by atoms with Crippen LogP contribution >= 0.6 is 0 Å². The Balaban J connectivity index is 1.64. The van der Waals surface area contributed by atoms with E-state index < -0.39 is 17.3 Å². The van der Waals surface area contributed by atoms with Crippen molar-refractivity contribution in [3.05, 3.63) is 95.1 Å². The summed E-state index contributed by atoms with van der Waals surface area (Å²) in [5, 5.41) is 9.61. The molecule has 1 saturated heterocycles. The molecule has 0 unspecified atom stereocenters. The molecule has 7 rings (SSSR count). The number of imide groups is 1. The Morgan fingerprint density at radius 2 is 1.37 bits per heavy atom. The third kappa shape index (κ3) is 1.81. The van der Waals surface area contributed by atoms with Gasteiger partial charge >= 0.3 is 0 Å². The van der Waals surface area contributed by atoms with Crippen molar-refractivity contribution >= 4 is 23.8 Å². The molecular weight excluding hydrogens is 378 g/mol. The van der Waals surface area contributed by atoms with Crippen molar-refractivity contribution in [3.8, 4) is 5.75 Å². The van der Waals surface area contributed by atoms with Gasteiger partial charge in [0.25, 0.3) is 0 Å². The fourth-order valence-corrected chi connectivity index (χ4v) is 5.89. The molecule has 2 amide bonds. The van der Waals surface area contributed by atoms with Crippen LogP contribution in [0, 0.1) is 11.8 Å². The van der Waals surface area contributed by atoms with Crippen LogP contribution in [0.5, 0.6) is 5.75 Å². The smallest absolute Gasteiger partial charge is 0.239 e. The average Bonchev–Trinajstić information content (AvgIpc) is 3.05. The first-order chi connectivity index (χ1) is 14.6. The van der Waals surface area contributed by atoms with Crippen LogP contribution in [0.3, 0.4) is 0 Å². The first-order valence-corrected chi connectivity index (χ1v) is 9.91. The SMILES string of the molecule is O=CC12c3ccccc3C(c3ccccc31)[C@H]1C(=O)N(c3ccc(O)cc3)C(=O)[C@H]12. The van der Waals surface area contributed by atoms with E-state index in [1.54, 1.807) is 12.1 Å². The lowest BCUT2D eigenvalue weighted by molar-refractivity contribution is -0.128. The minimum absolute atomic E-state index is 0.0551. The second-order valence-corrected chi connectivity index (χ2v) is 8.17. The van der Waals surface area contributed by atoms with E-state index in [1.165, 1.54) is 17.0 Å². The molecule has 30 heavy (non-hydrogen) atoms. The Bertz CT molecular complexity index is 1200. The van der Waals surface area contributed by atoms with Crippen LogP contribution in [0.2, 0.25) is 0 Å². The van der Waals surface area contributed by atoms with Crippen molar-refractivity contribution in [2.24, 2.45) is 11.8 Å². The number of anilines is 1. The number of aldehydes is 1. The summed E-state index contributed by atoms with van der Waals surface area (Å²) in [6, 6.07) is 21.3. The zero-order valence-electron chi connectivity index (χ0n) is 15.9. The summed E-state index contributed by atoms with van der Waals surface area (Å²) in [5.74, 6) is -2.30. The van der Waals surface area contributed by atoms with E-state index in [-0.39, 0.29) is 23.5 Å². The summed E-state index contributed by atoms with van der Waals surface area (Å²) >= 11 is 0. The maximum absolute atomic E-state index is 13.7. The van der Waals surface area contributed by atoms with Gasteiger partial charge in [-0.1, -0.05) is 48.5 Å². The zero-order valence-corrected chi connectivity index (χ0v) is 15.9. The van der Waals surface area contributed by atoms with Gasteiger partial charge in [-0.2, -0.15) is 0 Å². The number of aromatic hydroxyl groups is 1. The van der Waals surface area contributed by atoms with Gasteiger partial charge in [0.2, 0.25) is 11.8 Å². The standard InChI is InChI=1S/C25H17NO4/c27-13-25-18-7-3-1-5-16(18)20(17-6-2-4-8-19(17)25)21-22(25)24(30)26(23(21)29)14-9-11-15(28)12-10-14/h1-13,20-22,28H/t20?,21-,22+,25?/m1/s1. The number of phenolic OH excluding ortho intramolecular Hbond substituents is 1. The van der Waals surface area contributed by atoms with Gasteiger partial charge in [0.15, 0.2) is 0 Å². The second-order valence-electron chi connectivity index (χ2n) is 8.17. The highest BCUT2D eigenvalue weighted by Crippen LogP contribution is 2.63. The number of amides is 2. The zero-order chi connectivity index (χ0) is 20.6. The van der Waals surface area contributed by atoms with Crippen LogP contribution in [0.25, 0.3) is 0 Å². The average molecular weight is 395 g/mol. The summed E-state index contributed by atoms with van der Waals surface area (Å²) in [4.78, 5) is 41.3. The van der Waals surface area contributed by atoms with Gasteiger partial charge in [0.05, 0.1) is 22.9 Å². The van der Waals surface area contributed by atoms with Crippen molar-refractivity contribution in [1.29, 1.82) is 0 Å². The van der Waals surface area contributed by atoms with Gasteiger partial charge in [-0.3, -0.25) is 9.59 Å². The molecule has 0 saturated carbocycles. The first kappa shape index (κ1) is 17.2. The van der Waals surface area contributed by atoms with Crippen LogP contribution in [-0.4, -0.2) is 23.2 Å². The highest BCUT2D eigenvalue weighted by molar-refractivity contribution is 6.24. The van der Waals surface area contributed by atoms with Crippen LogP contribution < -0.4 is 4.90 Å². The third-order valence-corrected chi connectivity index (χ3v) is 6.98. The van der Waals surface area contributed by atoms with Gasteiger partial charge in [-0.25, -0.2) is 4.90 Å². The lowest BCUT2D eigenvalue weighted by atomic mass is 9.48. The molecule has 0 spiro atoms.